The van der Waals surface area contributed by atoms with Crippen molar-refractivity contribution >= 4 is 34.5 Å². The first-order valence-corrected chi connectivity index (χ1v) is 7.32. The molecule has 5 atom stereocenters. The van der Waals surface area contributed by atoms with E-state index in [0.717, 1.165) is 5.57 Å². The van der Waals surface area contributed by atoms with E-state index >= 15 is 0 Å². The molecule has 0 aromatic carbocycles. The minimum Gasteiger partial charge on any atom is -0.459 e. The molecular formula is C12H13IO5. The second kappa shape index (κ2) is 3.93. The van der Waals surface area contributed by atoms with Gasteiger partial charge in [-0.2, -0.15) is 0 Å². The molecule has 0 amide bonds. The quantitative estimate of drug-likeness (QED) is 0.319. The Kier molecular flexibility index (Phi) is 2.71. The van der Waals surface area contributed by atoms with Gasteiger partial charge in [-0.1, -0.05) is 29.2 Å². The van der Waals surface area contributed by atoms with Gasteiger partial charge < -0.3 is 14.2 Å². The summed E-state index contributed by atoms with van der Waals surface area (Å²) in [6.45, 7) is 5.31. The summed E-state index contributed by atoms with van der Waals surface area (Å²) in [5.74, 6) is -0.995. The largest absolute Gasteiger partial charge is 0.459 e. The topological polar surface area (TPSA) is 61.8 Å². The van der Waals surface area contributed by atoms with Gasteiger partial charge in [0.2, 0.25) is 6.29 Å². The van der Waals surface area contributed by atoms with Crippen molar-refractivity contribution in [3.63, 3.8) is 0 Å². The molecular weight excluding hydrogens is 351 g/mol. The first kappa shape index (κ1) is 12.4. The Morgan fingerprint density at radius 1 is 1.67 bits per heavy atom. The third-order valence-electron chi connectivity index (χ3n) is 4.04. The van der Waals surface area contributed by atoms with Crippen LogP contribution in [-0.2, 0) is 23.8 Å². The molecule has 1 aliphatic carbocycles. The van der Waals surface area contributed by atoms with Crippen molar-refractivity contribution in [3.05, 3.63) is 12.2 Å². The smallest absolute Gasteiger partial charge is 0.315 e. The van der Waals surface area contributed by atoms with Crippen molar-refractivity contribution in [1.29, 1.82) is 0 Å². The van der Waals surface area contributed by atoms with Crippen LogP contribution in [0, 0.1) is 11.8 Å². The van der Waals surface area contributed by atoms with Crippen molar-refractivity contribution in [2.24, 2.45) is 11.8 Å². The van der Waals surface area contributed by atoms with Crippen LogP contribution in [0.1, 0.15) is 13.3 Å². The number of carbonyl (C=O) groups excluding carboxylic acids is 2. The second-order valence-corrected chi connectivity index (χ2v) is 5.73. The number of carbonyl (C=O) groups is 2. The number of esters is 2. The second-order valence-electron chi connectivity index (χ2n) is 4.97. The fraction of sp³-hybridized carbons (Fsp3) is 0.667. The average Bonchev–Trinajstić information content (AvgIpc) is 2.58. The van der Waals surface area contributed by atoms with Crippen LogP contribution in [0.3, 0.4) is 0 Å². The molecule has 0 spiro atoms. The molecule has 0 aromatic rings. The molecule has 98 valence electrons. The Hall–Kier alpha value is -0.630. The van der Waals surface area contributed by atoms with Gasteiger partial charge in [-0.15, -0.1) is 0 Å². The number of fused-ring (bicyclic) bond motifs is 1. The molecule has 5 unspecified atom stereocenters. The van der Waals surface area contributed by atoms with Crippen molar-refractivity contribution in [2.75, 3.05) is 4.43 Å². The fourth-order valence-electron chi connectivity index (χ4n) is 3.26. The molecule has 4 aliphatic rings. The number of ether oxygens (including phenoxy) is 3. The van der Waals surface area contributed by atoms with Crippen LogP contribution in [-0.4, -0.2) is 34.4 Å². The van der Waals surface area contributed by atoms with Crippen LogP contribution in [0.4, 0.5) is 0 Å². The number of rotatable bonds is 2. The molecule has 0 radical (unpaired) electrons. The zero-order chi connectivity index (χ0) is 13.1. The molecule has 4 rings (SSSR count). The summed E-state index contributed by atoms with van der Waals surface area (Å²) in [6, 6.07) is 0. The fourth-order valence-corrected chi connectivity index (χ4v) is 4.41. The maximum absolute atomic E-state index is 12.0. The molecule has 5 nitrogen and oxygen atoms in total. The van der Waals surface area contributed by atoms with Gasteiger partial charge in [-0.25, -0.2) is 0 Å². The zero-order valence-electron chi connectivity index (χ0n) is 9.85. The number of hydrogen-bond acceptors (Lipinski definition) is 5. The lowest BCUT2D eigenvalue weighted by molar-refractivity contribution is -0.272. The highest BCUT2D eigenvalue weighted by Gasteiger charge is 2.69. The summed E-state index contributed by atoms with van der Waals surface area (Å²) < 4.78 is 17.0. The van der Waals surface area contributed by atoms with Crippen molar-refractivity contribution in [3.8, 4) is 0 Å². The molecule has 0 aromatic heterocycles. The van der Waals surface area contributed by atoms with Crippen LogP contribution in [0.2, 0.25) is 0 Å². The first-order chi connectivity index (χ1) is 8.49. The van der Waals surface area contributed by atoms with Gasteiger partial charge in [0.05, 0.1) is 5.92 Å². The van der Waals surface area contributed by atoms with E-state index in [9.17, 15) is 9.59 Å². The summed E-state index contributed by atoms with van der Waals surface area (Å²) in [7, 11) is 0. The molecule has 4 bridgehead atoms. The van der Waals surface area contributed by atoms with Crippen LogP contribution in [0.25, 0.3) is 0 Å². The SMILES string of the molecule is C=C1C2OC(=O)C3C1CC(OC(C)=O)C3(CI)O2. The number of hydrogen-bond donors (Lipinski definition) is 0. The lowest BCUT2D eigenvalue weighted by atomic mass is 9.78. The van der Waals surface area contributed by atoms with Gasteiger partial charge >= 0.3 is 11.9 Å². The average molecular weight is 364 g/mol. The third kappa shape index (κ3) is 1.41. The minimum absolute atomic E-state index is 0.00381. The maximum Gasteiger partial charge on any atom is 0.315 e. The maximum atomic E-state index is 12.0. The van der Waals surface area contributed by atoms with Crippen LogP contribution < -0.4 is 0 Å². The van der Waals surface area contributed by atoms with Crippen molar-refractivity contribution in [1.82, 2.24) is 0 Å². The minimum atomic E-state index is -0.738. The highest BCUT2D eigenvalue weighted by molar-refractivity contribution is 14.1. The van der Waals surface area contributed by atoms with Crippen molar-refractivity contribution < 1.29 is 23.8 Å². The normalized spacial score (nSPS) is 45.0. The zero-order valence-corrected chi connectivity index (χ0v) is 12.0. The van der Waals surface area contributed by atoms with Gasteiger partial charge in [0.1, 0.15) is 11.7 Å². The van der Waals surface area contributed by atoms with Gasteiger partial charge in [0.25, 0.3) is 0 Å². The monoisotopic (exact) mass is 364 g/mol. The summed E-state index contributed by atoms with van der Waals surface area (Å²) in [5.41, 5.74) is 0.0488. The van der Waals surface area contributed by atoms with E-state index in [1.165, 1.54) is 6.92 Å². The summed E-state index contributed by atoms with van der Waals surface area (Å²) in [5, 5.41) is 0. The van der Waals surface area contributed by atoms with Gasteiger partial charge in [-0.05, 0) is 12.0 Å². The first-order valence-electron chi connectivity index (χ1n) is 5.80. The van der Waals surface area contributed by atoms with E-state index in [4.69, 9.17) is 14.2 Å². The molecule has 4 fully saturated rings. The Morgan fingerprint density at radius 3 is 3.00 bits per heavy atom. The predicted molar refractivity (Wildman–Crippen MR) is 68.9 cm³/mol. The third-order valence-corrected chi connectivity index (χ3v) is 5.23. The van der Waals surface area contributed by atoms with Crippen LogP contribution in [0.5, 0.6) is 0 Å². The Balaban J connectivity index is 2.02. The molecule has 18 heavy (non-hydrogen) atoms. The van der Waals surface area contributed by atoms with Crippen molar-refractivity contribution in [2.45, 2.75) is 31.3 Å². The van der Waals surface area contributed by atoms with E-state index in [1.54, 1.807) is 0 Å². The number of alkyl halides is 1. The Morgan fingerprint density at radius 2 is 2.39 bits per heavy atom. The molecule has 6 heteroatoms. The van der Waals surface area contributed by atoms with Crippen LogP contribution in [0.15, 0.2) is 12.2 Å². The lowest BCUT2D eigenvalue weighted by Gasteiger charge is -2.48. The summed E-state index contributed by atoms with van der Waals surface area (Å²) >= 11 is 2.17. The van der Waals surface area contributed by atoms with E-state index < -0.39 is 23.9 Å². The van der Waals surface area contributed by atoms with Gasteiger partial charge in [0, 0.05) is 17.3 Å². The van der Waals surface area contributed by atoms with E-state index in [1.807, 2.05) is 0 Å². The van der Waals surface area contributed by atoms with E-state index in [0.29, 0.717) is 10.8 Å². The molecule has 1 saturated carbocycles. The van der Waals surface area contributed by atoms with E-state index in [2.05, 4.69) is 29.2 Å². The summed E-state index contributed by atoms with van der Waals surface area (Å²) in [4.78, 5) is 23.2. The molecule has 3 aliphatic heterocycles. The molecule has 3 heterocycles. The number of halogens is 1. The lowest BCUT2D eigenvalue weighted by Crippen LogP contribution is -2.62. The highest BCUT2D eigenvalue weighted by Crippen LogP contribution is 2.57. The van der Waals surface area contributed by atoms with Crippen LogP contribution >= 0.6 is 22.6 Å². The summed E-state index contributed by atoms with van der Waals surface area (Å²) in [6.07, 6.45) is -0.475. The van der Waals surface area contributed by atoms with E-state index in [-0.39, 0.29) is 17.9 Å². The Labute approximate surface area is 118 Å². The molecule has 3 saturated heterocycles. The van der Waals surface area contributed by atoms with Gasteiger partial charge in [0.15, 0.2) is 0 Å². The molecule has 0 N–H and O–H groups in total. The highest BCUT2D eigenvalue weighted by atomic mass is 127. The standard InChI is InChI=1S/C12H13IO5/c1-5-7-3-8(16-6(2)14)12(4-13)9(7)10(15)17-11(5)18-12/h7-9,11H,1,3-4H2,2H3. The van der Waals surface area contributed by atoms with Gasteiger partial charge in [-0.3, -0.25) is 9.59 Å². The Bertz CT molecular complexity index is 448. The predicted octanol–water partition coefficient (Wildman–Crippen LogP) is 1.20.